The van der Waals surface area contributed by atoms with E-state index in [0.717, 1.165) is 11.1 Å². The van der Waals surface area contributed by atoms with Gasteiger partial charge in [-0.15, -0.1) is 0 Å². The maximum Gasteiger partial charge on any atom is 0.257 e. The minimum atomic E-state index is -3.68. The number of methoxy groups -OCH3 is 1. The first-order valence-electron chi connectivity index (χ1n) is 11.0. The number of para-hydroxylation sites is 1. The summed E-state index contributed by atoms with van der Waals surface area (Å²) in [5, 5.41) is 0. The quantitative estimate of drug-likeness (QED) is 0.666. The Morgan fingerprint density at radius 1 is 0.970 bits per heavy atom. The van der Waals surface area contributed by atoms with Crippen molar-refractivity contribution in [2.24, 2.45) is 0 Å². The van der Waals surface area contributed by atoms with Crippen LogP contribution in [-0.2, 0) is 14.8 Å². The van der Waals surface area contributed by atoms with E-state index >= 15 is 0 Å². The molecule has 1 saturated heterocycles. The van der Waals surface area contributed by atoms with Gasteiger partial charge in [0, 0.05) is 39.1 Å². The summed E-state index contributed by atoms with van der Waals surface area (Å²) in [6, 6.07) is 12.0. The molecule has 2 amide bonds. The molecule has 178 valence electrons. The number of hydrogen-bond acceptors (Lipinski definition) is 5. The van der Waals surface area contributed by atoms with Gasteiger partial charge in [0.2, 0.25) is 15.9 Å². The highest BCUT2D eigenvalue weighted by molar-refractivity contribution is 7.89. The summed E-state index contributed by atoms with van der Waals surface area (Å²) in [5.74, 6) is 0.267. The number of hydrogen-bond donors (Lipinski definition) is 1. The van der Waals surface area contributed by atoms with Crippen LogP contribution in [0.5, 0.6) is 5.75 Å². The molecule has 0 spiro atoms. The molecule has 0 bridgehead atoms. The van der Waals surface area contributed by atoms with Gasteiger partial charge in [0.25, 0.3) is 5.91 Å². The summed E-state index contributed by atoms with van der Waals surface area (Å²) in [6.07, 6.45) is 0.714. The van der Waals surface area contributed by atoms with Crippen LogP contribution in [0.25, 0.3) is 0 Å². The van der Waals surface area contributed by atoms with Crippen LogP contribution in [0.4, 0.5) is 0 Å². The Hall–Kier alpha value is -2.91. The largest absolute Gasteiger partial charge is 0.496 e. The third-order valence-electron chi connectivity index (χ3n) is 5.89. The van der Waals surface area contributed by atoms with Gasteiger partial charge < -0.3 is 14.5 Å². The summed E-state index contributed by atoms with van der Waals surface area (Å²) in [7, 11) is -2.14. The highest BCUT2D eigenvalue weighted by atomic mass is 32.2. The van der Waals surface area contributed by atoms with Crippen molar-refractivity contribution in [2.75, 3.05) is 39.8 Å². The second-order valence-corrected chi connectivity index (χ2v) is 9.89. The van der Waals surface area contributed by atoms with E-state index in [1.54, 1.807) is 46.2 Å². The van der Waals surface area contributed by atoms with Crippen molar-refractivity contribution < 1.29 is 22.7 Å². The van der Waals surface area contributed by atoms with Gasteiger partial charge in [-0.2, -0.15) is 0 Å². The number of ether oxygens (including phenoxy) is 1. The standard InChI is InChI=1S/C24H31N3O5S/c1-18-9-10-20(17-19(18)2)33(30,31)25-12-11-23(28)26-13-6-14-27(16-15-26)24(29)21-7-4-5-8-22(21)32-3/h4-5,7-10,17,25H,6,11-16H2,1-3H3. The number of aryl methyl sites for hydroxylation is 2. The molecule has 0 atom stereocenters. The lowest BCUT2D eigenvalue weighted by Crippen LogP contribution is -2.38. The van der Waals surface area contributed by atoms with Crippen LogP contribution < -0.4 is 9.46 Å². The third kappa shape index (κ3) is 6.11. The van der Waals surface area contributed by atoms with Crippen LogP contribution in [0.2, 0.25) is 0 Å². The van der Waals surface area contributed by atoms with E-state index in [4.69, 9.17) is 4.74 Å². The average molecular weight is 474 g/mol. The zero-order valence-electron chi connectivity index (χ0n) is 19.3. The molecule has 1 fully saturated rings. The number of nitrogens with zero attached hydrogens (tertiary/aromatic N) is 2. The highest BCUT2D eigenvalue weighted by Crippen LogP contribution is 2.20. The molecule has 0 aromatic heterocycles. The van der Waals surface area contributed by atoms with Gasteiger partial charge in [-0.25, -0.2) is 13.1 Å². The van der Waals surface area contributed by atoms with E-state index < -0.39 is 10.0 Å². The Kier molecular flexibility index (Phi) is 8.10. The molecule has 8 nitrogen and oxygen atoms in total. The van der Waals surface area contributed by atoms with Crippen molar-refractivity contribution in [3.05, 3.63) is 59.2 Å². The van der Waals surface area contributed by atoms with Crippen molar-refractivity contribution in [3.8, 4) is 5.75 Å². The summed E-state index contributed by atoms with van der Waals surface area (Å²) >= 11 is 0. The molecule has 9 heteroatoms. The Bertz CT molecular complexity index is 1120. The third-order valence-corrected chi connectivity index (χ3v) is 7.35. The van der Waals surface area contributed by atoms with Crippen molar-refractivity contribution >= 4 is 21.8 Å². The van der Waals surface area contributed by atoms with E-state index in [-0.39, 0.29) is 29.7 Å². The Morgan fingerprint density at radius 3 is 2.39 bits per heavy atom. The van der Waals surface area contributed by atoms with Gasteiger partial charge in [-0.05, 0) is 55.7 Å². The SMILES string of the molecule is COc1ccccc1C(=O)N1CCCN(C(=O)CCNS(=O)(=O)c2ccc(C)c(C)c2)CC1. The lowest BCUT2D eigenvalue weighted by molar-refractivity contribution is -0.130. The van der Waals surface area contributed by atoms with E-state index in [1.165, 1.54) is 7.11 Å². The monoisotopic (exact) mass is 473 g/mol. The maximum atomic E-state index is 12.9. The number of amides is 2. The smallest absolute Gasteiger partial charge is 0.257 e. The van der Waals surface area contributed by atoms with Crippen LogP contribution in [0.1, 0.15) is 34.3 Å². The van der Waals surface area contributed by atoms with E-state index in [1.807, 2.05) is 19.9 Å². The molecular weight excluding hydrogens is 442 g/mol. The molecule has 0 aliphatic carbocycles. The van der Waals surface area contributed by atoms with Crippen molar-refractivity contribution in [3.63, 3.8) is 0 Å². The van der Waals surface area contributed by atoms with Crippen LogP contribution >= 0.6 is 0 Å². The number of carbonyl (C=O) groups excluding carboxylic acids is 2. The average Bonchev–Trinajstić information content (AvgIpc) is 3.06. The number of nitrogens with one attached hydrogen (secondary N) is 1. The van der Waals surface area contributed by atoms with Gasteiger partial charge in [0.05, 0.1) is 17.6 Å². The molecule has 33 heavy (non-hydrogen) atoms. The molecule has 1 aliphatic heterocycles. The molecule has 2 aromatic carbocycles. The van der Waals surface area contributed by atoms with E-state index in [2.05, 4.69) is 4.72 Å². The minimum Gasteiger partial charge on any atom is -0.496 e. The first-order chi connectivity index (χ1) is 15.7. The number of carbonyl (C=O) groups is 2. The van der Waals surface area contributed by atoms with Gasteiger partial charge in [-0.3, -0.25) is 9.59 Å². The van der Waals surface area contributed by atoms with Crippen LogP contribution in [-0.4, -0.2) is 69.9 Å². The normalized spacial score (nSPS) is 14.6. The Labute approximate surface area is 195 Å². The van der Waals surface area contributed by atoms with Crippen LogP contribution in [0, 0.1) is 13.8 Å². The van der Waals surface area contributed by atoms with Gasteiger partial charge in [0.15, 0.2) is 0 Å². The van der Waals surface area contributed by atoms with Crippen molar-refractivity contribution in [2.45, 2.75) is 31.6 Å². The Balaban J connectivity index is 1.53. The molecule has 2 aromatic rings. The lowest BCUT2D eigenvalue weighted by Gasteiger charge is -2.23. The fourth-order valence-electron chi connectivity index (χ4n) is 3.78. The molecule has 0 radical (unpaired) electrons. The number of rotatable bonds is 7. The molecule has 1 heterocycles. The second-order valence-electron chi connectivity index (χ2n) is 8.12. The predicted molar refractivity (Wildman–Crippen MR) is 126 cm³/mol. The van der Waals surface area contributed by atoms with E-state index in [0.29, 0.717) is 43.9 Å². The van der Waals surface area contributed by atoms with Gasteiger partial charge in [-0.1, -0.05) is 18.2 Å². The van der Waals surface area contributed by atoms with Crippen LogP contribution in [0.15, 0.2) is 47.4 Å². The second kappa shape index (κ2) is 10.8. The highest BCUT2D eigenvalue weighted by Gasteiger charge is 2.24. The molecule has 1 aliphatic rings. The predicted octanol–water partition coefficient (Wildman–Crippen LogP) is 2.36. The zero-order valence-corrected chi connectivity index (χ0v) is 20.2. The number of benzene rings is 2. The van der Waals surface area contributed by atoms with Gasteiger partial charge >= 0.3 is 0 Å². The topological polar surface area (TPSA) is 96.0 Å². The lowest BCUT2D eigenvalue weighted by atomic mass is 10.1. The fraction of sp³-hybridized carbons (Fsp3) is 0.417. The van der Waals surface area contributed by atoms with Crippen LogP contribution in [0.3, 0.4) is 0 Å². The molecule has 0 saturated carbocycles. The van der Waals surface area contributed by atoms with Crippen molar-refractivity contribution in [1.82, 2.24) is 14.5 Å². The zero-order chi connectivity index (χ0) is 24.0. The fourth-order valence-corrected chi connectivity index (χ4v) is 4.89. The minimum absolute atomic E-state index is 0.0223. The summed E-state index contributed by atoms with van der Waals surface area (Å²) in [4.78, 5) is 29.2. The maximum absolute atomic E-state index is 12.9. The first kappa shape index (κ1) is 24.7. The molecule has 3 rings (SSSR count). The van der Waals surface area contributed by atoms with Crippen molar-refractivity contribution in [1.29, 1.82) is 0 Å². The molecule has 1 N–H and O–H groups in total. The summed E-state index contributed by atoms with van der Waals surface area (Å²) in [5.41, 5.74) is 2.41. The van der Waals surface area contributed by atoms with E-state index in [9.17, 15) is 18.0 Å². The summed E-state index contributed by atoms with van der Waals surface area (Å²) in [6.45, 7) is 5.69. The number of sulfonamides is 1. The molecular formula is C24H31N3O5S. The first-order valence-corrected chi connectivity index (χ1v) is 12.5. The molecule has 0 unspecified atom stereocenters. The summed E-state index contributed by atoms with van der Waals surface area (Å²) < 4.78 is 32.9. The van der Waals surface area contributed by atoms with Gasteiger partial charge in [0.1, 0.15) is 5.75 Å². The Morgan fingerprint density at radius 2 is 1.67 bits per heavy atom.